The Morgan fingerprint density at radius 3 is 2.50 bits per heavy atom. The first-order chi connectivity index (χ1) is 13.8. The van der Waals surface area contributed by atoms with Crippen LogP contribution in [0.2, 0.25) is 0 Å². The van der Waals surface area contributed by atoms with Gasteiger partial charge in [-0.25, -0.2) is 4.90 Å². The fourth-order valence-electron chi connectivity index (χ4n) is 5.43. The number of aliphatic carboxylic acids is 1. The molecule has 1 aromatic carbocycles. The van der Waals surface area contributed by atoms with Crippen LogP contribution in [0.3, 0.4) is 0 Å². The van der Waals surface area contributed by atoms with E-state index >= 15 is 0 Å². The van der Waals surface area contributed by atoms with Crippen LogP contribution >= 0.6 is 0 Å². The zero-order valence-corrected chi connectivity index (χ0v) is 16.0. The van der Waals surface area contributed by atoms with Crippen LogP contribution in [0.4, 0.5) is 18.9 Å². The zero-order valence-electron chi connectivity index (χ0n) is 16.0. The number of amides is 2. The second kappa shape index (κ2) is 6.04. The first-order valence-electron chi connectivity index (χ1n) is 9.24. The number of imide groups is 1. The molecule has 3 heterocycles. The lowest BCUT2D eigenvalue weighted by molar-refractivity contribution is -0.142. The third-order valence-electron chi connectivity index (χ3n) is 6.61. The van der Waals surface area contributed by atoms with Gasteiger partial charge >= 0.3 is 12.1 Å². The van der Waals surface area contributed by atoms with Crippen molar-refractivity contribution in [3.05, 3.63) is 29.3 Å². The lowest BCUT2D eigenvalue weighted by Gasteiger charge is -2.34. The van der Waals surface area contributed by atoms with Crippen LogP contribution in [-0.4, -0.2) is 34.1 Å². The van der Waals surface area contributed by atoms with Crippen LogP contribution in [-0.2, 0) is 25.3 Å². The smallest absolute Gasteiger partial charge is 0.417 e. The van der Waals surface area contributed by atoms with Crippen molar-refractivity contribution in [1.29, 1.82) is 5.26 Å². The molecule has 7 nitrogen and oxygen atoms in total. The molecule has 0 spiro atoms. The Morgan fingerprint density at radius 2 is 1.93 bits per heavy atom. The van der Waals surface area contributed by atoms with Gasteiger partial charge in [0, 0.05) is 5.92 Å². The van der Waals surface area contributed by atoms with E-state index in [0.717, 1.165) is 12.1 Å². The Bertz CT molecular complexity index is 1030. The lowest BCUT2D eigenvalue weighted by Crippen LogP contribution is -2.46. The third kappa shape index (κ3) is 2.58. The number of nitriles is 1. The monoisotopic (exact) mass is 422 g/mol. The number of ether oxygens (including phenoxy) is 1. The summed E-state index contributed by atoms with van der Waals surface area (Å²) in [6.45, 7) is 3.22. The summed E-state index contributed by atoms with van der Waals surface area (Å²) in [7, 11) is 0. The molecular formula is C20H17F3N2O5. The van der Waals surface area contributed by atoms with Gasteiger partial charge in [0.2, 0.25) is 11.8 Å². The van der Waals surface area contributed by atoms with Crippen LogP contribution in [0.5, 0.6) is 0 Å². The topological polar surface area (TPSA) is 108 Å². The zero-order chi connectivity index (χ0) is 22.2. The van der Waals surface area contributed by atoms with E-state index in [-0.39, 0.29) is 18.5 Å². The summed E-state index contributed by atoms with van der Waals surface area (Å²) in [5, 5.41) is 18.2. The largest absolute Gasteiger partial charge is 0.481 e. The summed E-state index contributed by atoms with van der Waals surface area (Å²) in [5.41, 5.74) is -4.42. The Hall–Kier alpha value is -2.93. The first-order valence-corrected chi connectivity index (χ1v) is 9.24. The fourth-order valence-corrected chi connectivity index (χ4v) is 5.43. The van der Waals surface area contributed by atoms with E-state index in [0.29, 0.717) is 11.0 Å². The summed E-state index contributed by atoms with van der Waals surface area (Å²) in [4.78, 5) is 38.3. The molecule has 10 heteroatoms. The van der Waals surface area contributed by atoms with E-state index in [4.69, 9.17) is 10.00 Å². The van der Waals surface area contributed by atoms with Crippen molar-refractivity contribution >= 4 is 23.5 Å². The quantitative estimate of drug-likeness (QED) is 0.751. The van der Waals surface area contributed by atoms with Crippen LogP contribution in [0.1, 0.15) is 37.8 Å². The maximum atomic E-state index is 13.3. The van der Waals surface area contributed by atoms with Gasteiger partial charge in [-0.2, -0.15) is 18.4 Å². The maximum Gasteiger partial charge on any atom is 0.417 e. The highest BCUT2D eigenvalue weighted by Crippen LogP contribution is 2.64. The summed E-state index contributed by atoms with van der Waals surface area (Å²) in [5.74, 6) is -4.87. The van der Waals surface area contributed by atoms with Crippen molar-refractivity contribution < 1.29 is 37.4 Å². The Balaban J connectivity index is 1.77. The van der Waals surface area contributed by atoms with Crippen molar-refractivity contribution in [3.63, 3.8) is 0 Å². The van der Waals surface area contributed by atoms with Crippen molar-refractivity contribution in [2.24, 2.45) is 17.8 Å². The summed E-state index contributed by atoms with van der Waals surface area (Å²) in [6, 6.07) is 4.14. The van der Waals surface area contributed by atoms with Gasteiger partial charge in [-0.15, -0.1) is 0 Å². The molecule has 158 valence electrons. The number of rotatable bonds is 3. The fraction of sp³-hybridized carbons (Fsp3) is 0.500. The number of carboxylic acids is 1. The molecule has 0 saturated carbocycles. The molecule has 2 bridgehead atoms. The van der Waals surface area contributed by atoms with Crippen LogP contribution in [0, 0.1) is 29.1 Å². The average molecular weight is 422 g/mol. The van der Waals surface area contributed by atoms with Gasteiger partial charge in [0.05, 0.1) is 52.3 Å². The maximum absolute atomic E-state index is 13.3. The molecule has 1 aromatic rings. The predicted octanol–water partition coefficient (Wildman–Crippen LogP) is 2.72. The number of carbonyl (C=O) groups excluding carboxylic acids is 2. The summed E-state index contributed by atoms with van der Waals surface area (Å²) in [6.07, 6.45) is -4.83. The van der Waals surface area contributed by atoms with E-state index in [9.17, 15) is 32.7 Å². The minimum atomic E-state index is -4.84. The van der Waals surface area contributed by atoms with Gasteiger partial charge < -0.3 is 9.84 Å². The van der Waals surface area contributed by atoms with Crippen molar-refractivity contribution in [1.82, 2.24) is 0 Å². The number of anilines is 1. The van der Waals surface area contributed by atoms with E-state index in [2.05, 4.69) is 0 Å². The van der Waals surface area contributed by atoms with Crippen molar-refractivity contribution in [2.45, 2.75) is 44.1 Å². The molecule has 3 saturated heterocycles. The third-order valence-corrected chi connectivity index (χ3v) is 6.61. The van der Waals surface area contributed by atoms with E-state index < -0.39 is 64.0 Å². The number of hydrogen-bond acceptors (Lipinski definition) is 5. The van der Waals surface area contributed by atoms with E-state index in [1.54, 1.807) is 13.8 Å². The van der Waals surface area contributed by atoms with Crippen molar-refractivity contribution in [2.75, 3.05) is 4.90 Å². The second-order valence-electron chi connectivity index (χ2n) is 8.40. The predicted molar refractivity (Wildman–Crippen MR) is 93.9 cm³/mol. The molecule has 0 radical (unpaired) electrons. The van der Waals surface area contributed by atoms with E-state index in [1.165, 1.54) is 6.07 Å². The van der Waals surface area contributed by atoms with Gasteiger partial charge in [-0.05, 0) is 38.5 Å². The minimum absolute atomic E-state index is 0.244. The van der Waals surface area contributed by atoms with E-state index in [1.807, 2.05) is 0 Å². The molecule has 5 atom stereocenters. The Morgan fingerprint density at radius 1 is 1.30 bits per heavy atom. The molecule has 30 heavy (non-hydrogen) atoms. The molecule has 0 aliphatic carbocycles. The highest BCUT2D eigenvalue weighted by atomic mass is 19.4. The number of hydrogen-bond donors (Lipinski definition) is 1. The SMILES string of the molecule is C[C@@]12O[C@@](C)(C[C@@H]1CC(=O)O)[C@@H]1C(=O)N(c3ccc(C#N)c(C(F)(F)F)c3)C(=O)[C@@H]12. The number of carbonyl (C=O) groups is 3. The number of nitrogens with zero attached hydrogens (tertiary/aromatic N) is 2. The van der Waals surface area contributed by atoms with Crippen LogP contribution < -0.4 is 4.90 Å². The minimum Gasteiger partial charge on any atom is -0.481 e. The van der Waals surface area contributed by atoms with Gasteiger partial charge in [-0.1, -0.05) is 0 Å². The molecule has 3 aliphatic heterocycles. The van der Waals surface area contributed by atoms with Crippen molar-refractivity contribution in [3.8, 4) is 6.07 Å². The van der Waals surface area contributed by atoms with Gasteiger partial charge in [0.15, 0.2) is 0 Å². The van der Waals surface area contributed by atoms with Crippen LogP contribution in [0.15, 0.2) is 18.2 Å². The molecular weight excluding hydrogens is 405 g/mol. The molecule has 3 aliphatic rings. The average Bonchev–Trinajstić information content (AvgIpc) is 3.14. The molecule has 4 rings (SSSR count). The Labute approximate surface area is 169 Å². The number of fused-ring (bicyclic) bond motifs is 5. The van der Waals surface area contributed by atoms with Gasteiger partial charge in [0.1, 0.15) is 0 Å². The number of alkyl halides is 3. The number of halogens is 3. The Kier molecular flexibility index (Phi) is 4.10. The highest BCUT2D eigenvalue weighted by molar-refractivity contribution is 6.23. The molecule has 1 N–H and O–H groups in total. The highest BCUT2D eigenvalue weighted by Gasteiger charge is 2.75. The molecule has 2 amide bonds. The molecule has 0 unspecified atom stereocenters. The summed E-state index contributed by atoms with van der Waals surface area (Å²) >= 11 is 0. The normalized spacial score (nSPS) is 34.9. The number of benzene rings is 1. The standard InChI is InChI=1S/C20H17F3N2O5/c1-18-7-10(5-13(26)27)19(2,30-18)15-14(18)16(28)25(17(15)29)11-4-3-9(8-24)12(6-11)20(21,22)23/h3-4,6,10,14-15H,5,7H2,1-2H3,(H,26,27)/t10-,14-,15+,18-,19+/m0/s1. The van der Waals surface area contributed by atoms with Gasteiger partial charge in [-0.3, -0.25) is 14.4 Å². The number of carboxylic acid groups (broad SMARTS) is 1. The first kappa shape index (κ1) is 20.3. The van der Waals surface area contributed by atoms with Gasteiger partial charge in [0.25, 0.3) is 0 Å². The lowest BCUT2D eigenvalue weighted by atomic mass is 9.63. The summed E-state index contributed by atoms with van der Waals surface area (Å²) < 4.78 is 46.0. The van der Waals surface area contributed by atoms with Crippen LogP contribution in [0.25, 0.3) is 0 Å². The second-order valence-corrected chi connectivity index (χ2v) is 8.40. The molecule has 0 aromatic heterocycles. The molecule has 3 fully saturated rings.